The fourth-order valence-corrected chi connectivity index (χ4v) is 4.02. The summed E-state index contributed by atoms with van der Waals surface area (Å²) >= 11 is 12.0. The number of rotatable bonds is 6. The fourth-order valence-electron chi connectivity index (χ4n) is 3.69. The number of piperidine rings is 1. The number of aliphatic hydroxyl groups excluding tert-OH is 1. The van der Waals surface area contributed by atoms with E-state index in [0.717, 1.165) is 24.8 Å². The topological polar surface area (TPSA) is 62.7 Å². The van der Waals surface area contributed by atoms with Crippen LogP contribution in [0.2, 0.25) is 10.0 Å². The molecule has 2 atom stereocenters. The van der Waals surface area contributed by atoms with Crippen LogP contribution in [-0.4, -0.2) is 40.6 Å². The molecule has 28 heavy (non-hydrogen) atoms. The normalized spacial score (nSPS) is 18.0. The van der Waals surface area contributed by atoms with Crippen LogP contribution in [0.25, 0.3) is 0 Å². The highest BCUT2D eigenvalue weighted by atomic mass is 35.5. The average molecular weight is 423 g/mol. The second-order valence-corrected chi connectivity index (χ2v) is 7.78. The van der Waals surface area contributed by atoms with E-state index in [4.69, 9.17) is 27.9 Å². The van der Waals surface area contributed by atoms with E-state index in [9.17, 15) is 9.90 Å². The molecule has 2 heterocycles. The maximum Gasteiger partial charge on any atom is 0.223 e. The van der Waals surface area contributed by atoms with Gasteiger partial charge in [0.2, 0.25) is 5.91 Å². The Morgan fingerprint density at radius 3 is 2.89 bits per heavy atom. The van der Waals surface area contributed by atoms with Gasteiger partial charge in [0.05, 0.1) is 23.2 Å². The second-order valence-electron chi connectivity index (χ2n) is 6.96. The minimum absolute atomic E-state index is 0.0256. The van der Waals surface area contributed by atoms with Crippen LogP contribution in [0, 0.1) is 0 Å². The van der Waals surface area contributed by atoms with E-state index < -0.39 is 6.10 Å². The fraction of sp³-hybridized carbons (Fsp3) is 0.429. The lowest BCUT2D eigenvalue weighted by Gasteiger charge is -2.39. The van der Waals surface area contributed by atoms with Gasteiger partial charge in [0.15, 0.2) is 0 Å². The van der Waals surface area contributed by atoms with Gasteiger partial charge in [-0.3, -0.25) is 9.78 Å². The van der Waals surface area contributed by atoms with Crippen molar-refractivity contribution in [2.75, 3.05) is 13.7 Å². The molecule has 1 aliphatic rings. The van der Waals surface area contributed by atoms with Crippen LogP contribution >= 0.6 is 23.2 Å². The number of carbonyl (C=O) groups is 1. The van der Waals surface area contributed by atoms with Crippen molar-refractivity contribution in [2.24, 2.45) is 0 Å². The van der Waals surface area contributed by atoms with E-state index in [0.29, 0.717) is 40.7 Å². The van der Waals surface area contributed by atoms with Gasteiger partial charge < -0.3 is 14.7 Å². The summed E-state index contributed by atoms with van der Waals surface area (Å²) in [6.45, 7) is 0.643. The number of pyridine rings is 1. The molecule has 0 radical (unpaired) electrons. The third-order valence-corrected chi connectivity index (χ3v) is 5.93. The number of aromatic nitrogens is 1. The van der Waals surface area contributed by atoms with E-state index in [-0.39, 0.29) is 11.9 Å². The number of aliphatic hydroxyl groups is 1. The molecule has 0 aliphatic carbocycles. The van der Waals surface area contributed by atoms with Crippen LogP contribution in [0.3, 0.4) is 0 Å². The third kappa shape index (κ3) is 4.77. The molecule has 1 aliphatic heterocycles. The van der Waals surface area contributed by atoms with Crippen molar-refractivity contribution >= 4 is 29.1 Å². The van der Waals surface area contributed by atoms with Gasteiger partial charge in [-0.1, -0.05) is 29.3 Å². The summed E-state index contributed by atoms with van der Waals surface area (Å²) in [5, 5.41) is 12.0. The smallest absolute Gasteiger partial charge is 0.223 e. The Hall–Kier alpha value is -1.82. The van der Waals surface area contributed by atoms with Crippen molar-refractivity contribution in [1.82, 2.24) is 9.88 Å². The Morgan fingerprint density at radius 1 is 1.32 bits per heavy atom. The number of carbonyl (C=O) groups excluding carboxylic acids is 1. The first-order valence-corrected chi connectivity index (χ1v) is 10.2. The molecular formula is C21H24Cl2N2O3. The van der Waals surface area contributed by atoms with Gasteiger partial charge in [-0.25, -0.2) is 0 Å². The number of nitrogens with zero attached hydrogens (tertiary/aromatic N) is 2. The van der Waals surface area contributed by atoms with Gasteiger partial charge in [0, 0.05) is 30.9 Å². The molecule has 2 aromatic rings. The van der Waals surface area contributed by atoms with E-state index in [2.05, 4.69) is 4.98 Å². The number of benzene rings is 1. The Bertz CT molecular complexity index is 831. The van der Waals surface area contributed by atoms with Crippen LogP contribution in [0.1, 0.15) is 42.9 Å². The molecule has 7 heteroatoms. The van der Waals surface area contributed by atoms with Crippen LogP contribution in [0.4, 0.5) is 0 Å². The third-order valence-electron chi connectivity index (χ3n) is 5.19. The van der Waals surface area contributed by atoms with Crippen LogP contribution in [-0.2, 0) is 11.2 Å². The Morgan fingerprint density at radius 2 is 2.14 bits per heavy atom. The number of likely N-dealkylation sites (tertiary alicyclic amines) is 1. The van der Waals surface area contributed by atoms with Gasteiger partial charge in [0.25, 0.3) is 0 Å². The molecule has 1 amide bonds. The molecule has 150 valence electrons. The molecule has 5 nitrogen and oxygen atoms in total. The Labute approximate surface area is 175 Å². The second kappa shape index (κ2) is 9.59. The maximum atomic E-state index is 12.9. The number of hydrogen-bond acceptors (Lipinski definition) is 4. The molecule has 0 spiro atoms. The summed E-state index contributed by atoms with van der Waals surface area (Å²) in [5.41, 5.74) is 1.57. The molecule has 3 rings (SSSR count). The summed E-state index contributed by atoms with van der Waals surface area (Å²) in [6, 6.07) is 6.85. The predicted octanol–water partition coefficient (Wildman–Crippen LogP) is 4.44. The summed E-state index contributed by atoms with van der Waals surface area (Å²) in [6.07, 6.45) is 5.98. The highest BCUT2D eigenvalue weighted by molar-refractivity contribution is 6.42. The van der Waals surface area contributed by atoms with Crippen molar-refractivity contribution in [2.45, 2.75) is 44.2 Å². The monoisotopic (exact) mass is 422 g/mol. The summed E-state index contributed by atoms with van der Waals surface area (Å²) in [7, 11) is 1.56. The predicted molar refractivity (Wildman–Crippen MR) is 110 cm³/mol. The average Bonchev–Trinajstić information content (AvgIpc) is 2.73. The number of hydrogen-bond donors (Lipinski definition) is 1. The molecule has 0 saturated carbocycles. The van der Waals surface area contributed by atoms with Gasteiger partial charge in [0.1, 0.15) is 11.9 Å². The van der Waals surface area contributed by atoms with E-state index in [1.54, 1.807) is 42.6 Å². The highest BCUT2D eigenvalue weighted by Crippen LogP contribution is 2.33. The van der Waals surface area contributed by atoms with Gasteiger partial charge >= 0.3 is 0 Å². The largest absolute Gasteiger partial charge is 0.496 e. The van der Waals surface area contributed by atoms with E-state index in [1.807, 2.05) is 6.07 Å². The number of methoxy groups -OCH3 is 1. The van der Waals surface area contributed by atoms with E-state index in [1.165, 1.54) is 0 Å². The summed E-state index contributed by atoms with van der Waals surface area (Å²) in [5.74, 6) is 0.606. The first-order chi connectivity index (χ1) is 13.5. The zero-order chi connectivity index (χ0) is 20.1. The minimum atomic E-state index is -0.835. The number of halogens is 2. The van der Waals surface area contributed by atoms with Crippen LogP contribution < -0.4 is 4.74 Å². The van der Waals surface area contributed by atoms with Crippen molar-refractivity contribution in [1.29, 1.82) is 0 Å². The molecule has 0 unspecified atom stereocenters. The van der Waals surface area contributed by atoms with Gasteiger partial charge in [-0.15, -0.1) is 0 Å². The SMILES string of the molecule is COc1ccncc1[C@H](O)[C@H]1CCCCN1C(=O)CCc1ccc(Cl)c(Cl)c1. The van der Waals surface area contributed by atoms with Crippen molar-refractivity contribution < 1.29 is 14.6 Å². The van der Waals surface area contributed by atoms with Crippen LogP contribution in [0.15, 0.2) is 36.7 Å². The van der Waals surface area contributed by atoms with E-state index >= 15 is 0 Å². The molecule has 1 saturated heterocycles. The lowest BCUT2D eigenvalue weighted by molar-refractivity contribution is -0.138. The Balaban J connectivity index is 1.71. The number of amides is 1. The van der Waals surface area contributed by atoms with Crippen molar-refractivity contribution in [3.63, 3.8) is 0 Å². The number of ether oxygens (including phenoxy) is 1. The number of aryl methyl sites for hydroxylation is 1. The lowest BCUT2D eigenvalue weighted by atomic mass is 9.92. The molecular weight excluding hydrogens is 399 g/mol. The molecule has 1 fully saturated rings. The first kappa shape index (κ1) is 20.9. The molecule has 1 N–H and O–H groups in total. The lowest BCUT2D eigenvalue weighted by Crippen LogP contribution is -2.47. The zero-order valence-electron chi connectivity index (χ0n) is 15.8. The molecule has 0 bridgehead atoms. The maximum absolute atomic E-state index is 12.9. The molecule has 1 aromatic carbocycles. The summed E-state index contributed by atoms with van der Waals surface area (Å²) < 4.78 is 5.35. The Kier molecular flexibility index (Phi) is 7.16. The first-order valence-electron chi connectivity index (χ1n) is 9.40. The minimum Gasteiger partial charge on any atom is -0.496 e. The quantitative estimate of drug-likeness (QED) is 0.746. The van der Waals surface area contributed by atoms with Crippen molar-refractivity contribution in [3.8, 4) is 5.75 Å². The zero-order valence-corrected chi connectivity index (χ0v) is 17.3. The van der Waals surface area contributed by atoms with Crippen LogP contribution in [0.5, 0.6) is 5.75 Å². The van der Waals surface area contributed by atoms with Gasteiger partial charge in [-0.05, 0) is 49.4 Å². The van der Waals surface area contributed by atoms with Gasteiger partial charge in [-0.2, -0.15) is 0 Å². The standard InChI is InChI=1S/C21H24Cl2N2O3/c1-28-19-9-10-24-13-15(19)21(27)18-4-2-3-11-25(18)20(26)8-6-14-5-7-16(22)17(23)12-14/h5,7,9-10,12-13,18,21,27H,2-4,6,8,11H2,1H3/t18-,21+/m1/s1. The molecule has 1 aromatic heterocycles. The summed E-state index contributed by atoms with van der Waals surface area (Å²) in [4.78, 5) is 18.8. The van der Waals surface area contributed by atoms with Crippen molar-refractivity contribution in [3.05, 3.63) is 57.8 Å². The highest BCUT2D eigenvalue weighted by Gasteiger charge is 2.34.